The summed E-state index contributed by atoms with van der Waals surface area (Å²) in [5.41, 5.74) is 2.50. The van der Waals surface area contributed by atoms with Gasteiger partial charge in [-0.1, -0.05) is 6.07 Å². The van der Waals surface area contributed by atoms with E-state index in [2.05, 4.69) is 9.97 Å². The van der Waals surface area contributed by atoms with Gasteiger partial charge in [-0.25, -0.2) is 4.39 Å². The van der Waals surface area contributed by atoms with Gasteiger partial charge in [-0.2, -0.15) is 0 Å². The fourth-order valence-corrected chi connectivity index (χ4v) is 2.61. The summed E-state index contributed by atoms with van der Waals surface area (Å²) < 4.78 is 15.7. The third-order valence-corrected chi connectivity index (χ3v) is 3.48. The van der Waals surface area contributed by atoms with Crippen molar-refractivity contribution in [2.45, 2.75) is 13.0 Å². The number of imidazole rings is 1. The molecule has 0 bridgehead atoms. The quantitative estimate of drug-likeness (QED) is 0.720. The minimum absolute atomic E-state index is 0.00656. The number of benzene rings is 1. The lowest BCUT2D eigenvalue weighted by atomic mass is 10.2. The highest BCUT2D eigenvalue weighted by molar-refractivity contribution is 7.71. The number of nitrogens with one attached hydrogen (secondary N) is 1. The molecule has 1 N–H and O–H groups in total. The first-order valence-electron chi connectivity index (χ1n) is 5.97. The van der Waals surface area contributed by atoms with E-state index in [1.165, 1.54) is 12.1 Å². The van der Waals surface area contributed by atoms with Crippen LogP contribution in [0.3, 0.4) is 0 Å². The van der Waals surface area contributed by atoms with Gasteiger partial charge in [0.15, 0.2) is 4.77 Å². The van der Waals surface area contributed by atoms with Crippen molar-refractivity contribution >= 4 is 23.3 Å². The molecule has 0 aliphatic carbocycles. The van der Waals surface area contributed by atoms with Gasteiger partial charge in [0.05, 0.1) is 22.8 Å². The summed E-state index contributed by atoms with van der Waals surface area (Å²) in [6.07, 6.45) is 1.75. The number of pyridine rings is 1. The Balaban J connectivity index is 2.20. The number of nitrogens with zero attached hydrogens (tertiary/aromatic N) is 2. The number of aromatic nitrogens is 3. The molecule has 0 spiro atoms. The molecular weight excluding hydrogens is 261 g/mol. The average Bonchev–Trinajstić information content (AvgIpc) is 2.74. The van der Waals surface area contributed by atoms with Crippen LogP contribution in [0.15, 0.2) is 42.6 Å². The Bertz CT molecular complexity index is 776. The topological polar surface area (TPSA) is 33.6 Å². The Morgan fingerprint density at radius 2 is 2.16 bits per heavy atom. The maximum Gasteiger partial charge on any atom is 0.178 e. The SMILES string of the molecule is CC(c1ccccn1)n1c(=S)[nH]c2cc(F)ccc21. The summed E-state index contributed by atoms with van der Waals surface area (Å²) >= 11 is 5.33. The van der Waals surface area contributed by atoms with Crippen LogP contribution in [0.5, 0.6) is 0 Å². The van der Waals surface area contributed by atoms with E-state index in [-0.39, 0.29) is 11.9 Å². The molecule has 3 nitrogen and oxygen atoms in total. The van der Waals surface area contributed by atoms with Gasteiger partial charge < -0.3 is 9.55 Å². The van der Waals surface area contributed by atoms with Crippen LogP contribution in [0.25, 0.3) is 11.0 Å². The molecule has 5 heteroatoms. The highest BCUT2D eigenvalue weighted by Crippen LogP contribution is 2.23. The van der Waals surface area contributed by atoms with E-state index in [0.29, 0.717) is 10.3 Å². The fraction of sp³-hybridized carbons (Fsp3) is 0.143. The minimum Gasteiger partial charge on any atom is -0.330 e. The molecule has 0 aliphatic heterocycles. The summed E-state index contributed by atoms with van der Waals surface area (Å²) in [6, 6.07) is 10.4. The van der Waals surface area contributed by atoms with Crippen LogP contribution in [0.4, 0.5) is 4.39 Å². The van der Waals surface area contributed by atoms with Gasteiger partial charge in [0.2, 0.25) is 0 Å². The van der Waals surface area contributed by atoms with Crippen LogP contribution in [0, 0.1) is 10.6 Å². The number of fused-ring (bicyclic) bond motifs is 1. The Morgan fingerprint density at radius 1 is 1.32 bits per heavy atom. The smallest absolute Gasteiger partial charge is 0.178 e. The second-order valence-electron chi connectivity index (χ2n) is 4.39. The molecule has 19 heavy (non-hydrogen) atoms. The third kappa shape index (κ3) is 2.06. The number of hydrogen-bond donors (Lipinski definition) is 1. The number of rotatable bonds is 2. The maximum atomic E-state index is 13.2. The number of halogens is 1. The maximum absolute atomic E-state index is 13.2. The van der Waals surface area contributed by atoms with Crippen LogP contribution in [-0.4, -0.2) is 14.5 Å². The van der Waals surface area contributed by atoms with Crippen molar-refractivity contribution in [2.75, 3.05) is 0 Å². The van der Waals surface area contributed by atoms with Crippen LogP contribution in [-0.2, 0) is 0 Å². The monoisotopic (exact) mass is 273 g/mol. The summed E-state index contributed by atoms with van der Waals surface area (Å²) in [5.74, 6) is -0.276. The van der Waals surface area contributed by atoms with Crippen molar-refractivity contribution in [3.8, 4) is 0 Å². The first-order valence-corrected chi connectivity index (χ1v) is 6.38. The molecule has 3 aromatic rings. The number of hydrogen-bond acceptors (Lipinski definition) is 2. The Hall–Kier alpha value is -2.01. The molecular formula is C14H12FN3S. The van der Waals surface area contributed by atoms with E-state index in [1.54, 1.807) is 12.3 Å². The summed E-state index contributed by atoms with van der Waals surface area (Å²) in [4.78, 5) is 7.37. The first kappa shape index (κ1) is 12.0. The van der Waals surface area contributed by atoms with Crippen LogP contribution in [0.2, 0.25) is 0 Å². The van der Waals surface area contributed by atoms with E-state index in [4.69, 9.17) is 12.2 Å². The molecule has 0 fully saturated rings. The van der Waals surface area contributed by atoms with Crippen LogP contribution in [0.1, 0.15) is 18.7 Å². The van der Waals surface area contributed by atoms with E-state index in [0.717, 1.165) is 11.2 Å². The molecule has 1 aromatic carbocycles. The first-order chi connectivity index (χ1) is 9.16. The van der Waals surface area contributed by atoms with Crippen molar-refractivity contribution in [1.82, 2.24) is 14.5 Å². The lowest BCUT2D eigenvalue weighted by Gasteiger charge is -2.13. The lowest BCUT2D eigenvalue weighted by Crippen LogP contribution is -2.08. The van der Waals surface area contributed by atoms with Gasteiger partial charge in [-0.15, -0.1) is 0 Å². The largest absolute Gasteiger partial charge is 0.330 e. The van der Waals surface area contributed by atoms with Gasteiger partial charge in [-0.05, 0) is 49.5 Å². The molecule has 0 amide bonds. The molecule has 3 rings (SSSR count). The minimum atomic E-state index is -0.276. The predicted octanol–water partition coefficient (Wildman–Crippen LogP) is 3.84. The van der Waals surface area contributed by atoms with Crippen molar-refractivity contribution in [3.05, 3.63) is 58.9 Å². The molecule has 0 saturated heterocycles. The average molecular weight is 273 g/mol. The number of H-pyrrole nitrogens is 1. The fourth-order valence-electron chi connectivity index (χ4n) is 2.24. The zero-order valence-corrected chi connectivity index (χ0v) is 11.1. The van der Waals surface area contributed by atoms with Crippen molar-refractivity contribution < 1.29 is 4.39 Å². The number of aromatic amines is 1. The zero-order chi connectivity index (χ0) is 13.4. The molecule has 2 aromatic heterocycles. The molecule has 2 heterocycles. The highest BCUT2D eigenvalue weighted by atomic mass is 32.1. The summed E-state index contributed by atoms with van der Waals surface area (Å²) in [7, 11) is 0. The molecule has 1 unspecified atom stereocenters. The lowest BCUT2D eigenvalue weighted by molar-refractivity contribution is 0.624. The Morgan fingerprint density at radius 3 is 2.89 bits per heavy atom. The van der Waals surface area contributed by atoms with Crippen molar-refractivity contribution in [3.63, 3.8) is 0 Å². The predicted molar refractivity (Wildman–Crippen MR) is 75.1 cm³/mol. The second kappa shape index (κ2) is 4.59. The third-order valence-electron chi connectivity index (χ3n) is 3.18. The van der Waals surface area contributed by atoms with Crippen molar-refractivity contribution in [2.24, 2.45) is 0 Å². The standard InChI is InChI=1S/C14H12FN3S/c1-9(11-4-2-3-7-16-11)18-13-6-5-10(15)8-12(13)17-14(18)19/h2-9H,1H3,(H,17,19). The zero-order valence-electron chi connectivity index (χ0n) is 10.3. The van der Waals surface area contributed by atoms with E-state index >= 15 is 0 Å². The molecule has 0 saturated carbocycles. The molecule has 96 valence electrons. The Kier molecular flexibility index (Phi) is 2.91. The molecule has 1 atom stereocenters. The molecule has 0 aliphatic rings. The normalized spacial score (nSPS) is 12.7. The van der Waals surface area contributed by atoms with Gasteiger partial charge in [0, 0.05) is 6.20 Å². The van der Waals surface area contributed by atoms with Gasteiger partial charge in [0.1, 0.15) is 5.82 Å². The summed E-state index contributed by atoms with van der Waals surface area (Å²) in [5, 5.41) is 0. The van der Waals surface area contributed by atoms with Crippen LogP contribution >= 0.6 is 12.2 Å². The molecule has 0 radical (unpaired) electrons. The Labute approximate surface area is 114 Å². The second-order valence-corrected chi connectivity index (χ2v) is 4.78. The summed E-state index contributed by atoms with van der Waals surface area (Å²) in [6.45, 7) is 2.02. The van der Waals surface area contributed by atoms with E-state index < -0.39 is 0 Å². The van der Waals surface area contributed by atoms with Gasteiger partial charge in [0.25, 0.3) is 0 Å². The van der Waals surface area contributed by atoms with E-state index in [1.807, 2.05) is 29.7 Å². The van der Waals surface area contributed by atoms with Crippen LogP contribution < -0.4 is 0 Å². The van der Waals surface area contributed by atoms with Gasteiger partial charge >= 0.3 is 0 Å². The van der Waals surface area contributed by atoms with Gasteiger partial charge in [-0.3, -0.25) is 4.98 Å². The van der Waals surface area contributed by atoms with Crippen molar-refractivity contribution in [1.29, 1.82) is 0 Å². The van der Waals surface area contributed by atoms with E-state index in [9.17, 15) is 4.39 Å². The highest BCUT2D eigenvalue weighted by Gasteiger charge is 2.14.